The minimum Gasteiger partial charge on any atom is -0.396 e. The first-order chi connectivity index (χ1) is 8.70. The molecule has 1 heterocycles. The predicted octanol–water partition coefficient (Wildman–Crippen LogP) is 2.02. The molecular formula is C13H17ClN2O2. The van der Waals surface area contributed by atoms with E-state index in [1.807, 2.05) is 0 Å². The molecule has 0 aromatic carbocycles. The van der Waals surface area contributed by atoms with Gasteiger partial charge in [-0.25, -0.2) is 0 Å². The first kappa shape index (κ1) is 13.3. The van der Waals surface area contributed by atoms with Crippen LogP contribution < -0.4 is 5.32 Å². The highest BCUT2D eigenvalue weighted by Gasteiger charge is 2.26. The Hall–Kier alpha value is -1.13. The maximum absolute atomic E-state index is 12.0. The average Bonchev–Trinajstić information content (AvgIpc) is 2.39. The lowest BCUT2D eigenvalue weighted by Crippen LogP contribution is -2.43. The summed E-state index contributed by atoms with van der Waals surface area (Å²) < 4.78 is 0. The number of carbonyl (C=O) groups excluding carboxylic acids is 1. The lowest BCUT2D eigenvalue weighted by Gasteiger charge is -2.30. The van der Waals surface area contributed by atoms with E-state index in [1.54, 1.807) is 12.1 Å². The molecule has 2 unspecified atom stereocenters. The number of rotatable bonds is 3. The van der Waals surface area contributed by atoms with Crippen LogP contribution in [0.25, 0.3) is 0 Å². The van der Waals surface area contributed by atoms with Crippen molar-refractivity contribution in [3.05, 3.63) is 29.0 Å². The molecule has 1 aromatic rings. The Morgan fingerprint density at radius 3 is 3.00 bits per heavy atom. The minimum absolute atomic E-state index is 0.0389. The Kier molecular flexibility index (Phi) is 4.55. The number of pyridine rings is 1. The Morgan fingerprint density at radius 2 is 2.28 bits per heavy atom. The number of aliphatic hydroxyl groups excluding tert-OH is 1. The van der Waals surface area contributed by atoms with E-state index in [0.29, 0.717) is 10.7 Å². The Morgan fingerprint density at radius 1 is 1.50 bits per heavy atom. The molecule has 0 spiro atoms. The summed E-state index contributed by atoms with van der Waals surface area (Å²) in [5, 5.41) is 12.7. The lowest BCUT2D eigenvalue weighted by molar-refractivity contribution is 0.0867. The van der Waals surface area contributed by atoms with Crippen LogP contribution in [0.5, 0.6) is 0 Å². The van der Waals surface area contributed by atoms with Crippen LogP contribution in [0.15, 0.2) is 18.3 Å². The van der Waals surface area contributed by atoms with Crippen molar-refractivity contribution in [2.75, 3.05) is 6.61 Å². The summed E-state index contributed by atoms with van der Waals surface area (Å²) >= 11 is 5.83. The smallest absolute Gasteiger partial charge is 0.270 e. The second-order valence-corrected chi connectivity index (χ2v) is 5.10. The summed E-state index contributed by atoms with van der Waals surface area (Å²) in [5.74, 6) is -0.0651. The zero-order valence-corrected chi connectivity index (χ0v) is 10.9. The van der Waals surface area contributed by atoms with Crippen molar-refractivity contribution < 1.29 is 9.90 Å². The lowest BCUT2D eigenvalue weighted by atomic mass is 9.85. The number of halogens is 1. The Labute approximate surface area is 111 Å². The first-order valence-corrected chi connectivity index (χ1v) is 6.62. The first-order valence-electron chi connectivity index (χ1n) is 6.24. The summed E-state index contributed by atoms with van der Waals surface area (Å²) in [6.07, 6.45) is 5.60. The molecule has 1 fully saturated rings. The number of amides is 1. The molecule has 2 N–H and O–H groups in total. The van der Waals surface area contributed by atoms with Crippen LogP contribution in [0, 0.1) is 5.92 Å². The summed E-state index contributed by atoms with van der Waals surface area (Å²) in [6.45, 7) is 0.119. The summed E-state index contributed by atoms with van der Waals surface area (Å²) in [6, 6.07) is 3.22. The van der Waals surface area contributed by atoms with Crippen LogP contribution in [-0.2, 0) is 0 Å². The molecular weight excluding hydrogens is 252 g/mol. The standard InChI is InChI=1S/C13H17ClN2O2/c14-10-5-6-15-12(7-10)13(18)16-11-4-2-1-3-9(11)8-17/h5-7,9,11,17H,1-4,8H2,(H,16,18). The van der Waals surface area contributed by atoms with Crippen LogP contribution in [0.4, 0.5) is 0 Å². The molecule has 1 aliphatic rings. The van der Waals surface area contributed by atoms with Gasteiger partial charge in [0.1, 0.15) is 5.69 Å². The third-order valence-corrected chi connectivity index (χ3v) is 3.65. The fourth-order valence-electron chi connectivity index (χ4n) is 2.39. The van der Waals surface area contributed by atoms with Crippen molar-refractivity contribution in [1.82, 2.24) is 10.3 Å². The number of aromatic nitrogens is 1. The third kappa shape index (κ3) is 3.21. The normalized spacial score (nSPS) is 23.7. The van der Waals surface area contributed by atoms with E-state index in [1.165, 1.54) is 6.20 Å². The van der Waals surface area contributed by atoms with Crippen molar-refractivity contribution in [3.8, 4) is 0 Å². The van der Waals surface area contributed by atoms with Gasteiger partial charge in [0.05, 0.1) is 0 Å². The van der Waals surface area contributed by atoms with Crippen molar-refractivity contribution >= 4 is 17.5 Å². The third-order valence-electron chi connectivity index (χ3n) is 3.41. The number of carbonyl (C=O) groups is 1. The molecule has 1 amide bonds. The second kappa shape index (κ2) is 6.16. The van der Waals surface area contributed by atoms with E-state index in [0.717, 1.165) is 25.7 Å². The zero-order chi connectivity index (χ0) is 13.0. The number of hydrogen-bond acceptors (Lipinski definition) is 3. The SMILES string of the molecule is O=C(NC1CCCCC1CO)c1cc(Cl)ccn1. The van der Waals surface area contributed by atoms with Gasteiger partial charge in [-0.15, -0.1) is 0 Å². The summed E-state index contributed by atoms with van der Waals surface area (Å²) in [7, 11) is 0. The van der Waals surface area contributed by atoms with E-state index in [-0.39, 0.29) is 24.5 Å². The number of aliphatic hydroxyl groups is 1. The largest absolute Gasteiger partial charge is 0.396 e. The van der Waals surface area contributed by atoms with E-state index in [9.17, 15) is 9.90 Å². The number of nitrogens with zero attached hydrogens (tertiary/aromatic N) is 1. The van der Waals surface area contributed by atoms with Gasteiger partial charge in [0.2, 0.25) is 0 Å². The van der Waals surface area contributed by atoms with Crippen molar-refractivity contribution in [1.29, 1.82) is 0 Å². The van der Waals surface area contributed by atoms with Gasteiger partial charge in [-0.2, -0.15) is 0 Å². The van der Waals surface area contributed by atoms with Crippen molar-refractivity contribution in [3.63, 3.8) is 0 Å². The number of nitrogens with one attached hydrogen (secondary N) is 1. The van der Waals surface area contributed by atoms with Crippen LogP contribution in [0.1, 0.15) is 36.2 Å². The van der Waals surface area contributed by atoms with Gasteiger partial charge in [0.25, 0.3) is 5.91 Å². The molecule has 0 saturated heterocycles. The molecule has 0 bridgehead atoms. The second-order valence-electron chi connectivity index (χ2n) is 4.67. The molecule has 1 saturated carbocycles. The monoisotopic (exact) mass is 268 g/mol. The van der Waals surface area contributed by atoms with Crippen LogP contribution >= 0.6 is 11.6 Å². The van der Waals surface area contributed by atoms with Crippen molar-refractivity contribution in [2.45, 2.75) is 31.7 Å². The zero-order valence-electron chi connectivity index (χ0n) is 10.1. The minimum atomic E-state index is -0.220. The molecule has 0 aliphatic heterocycles. The van der Waals surface area contributed by atoms with Crippen LogP contribution in [0.3, 0.4) is 0 Å². The van der Waals surface area contributed by atoms with Gasteiger partial charge >= 0.3 is 0 Å². The predicted molar refractivity (Wildman–Crippen MR) is 69.5 cm³/mol. The maximum atomic E-state index is 12.0. The molecule has 98 valence electrons. The molecule has 2 rings (SSSR count). The topological polar surface area (TPSA) is 62.2 Å². The summed E-state index contributed by atoms with van der Waals surface area (Å²) in [4.78, 5) is 16.0. The highest BCUT2D eigenvalue weighted by molar-refractivity contribution is 6.30. The maximum Gasteiger partial charge on any atom is 0.270 e. The van der Waals surface area contributed by atoms with Gasteiger partial charge in [-0.05, 0) is 25.0 Å². The fraction of sp³-hybridized carbons (Fsp3) is 0.538. The van der Waals surface area contributed by atoms with E-state index in [2.05, 4.69) is 10.3 Å². The van der Waals surface area contributed by atoms with Crippen molar-refractivity contribution in [2.24, 2.45) is 5.92 Å². The highest BCUT2D eigenvalue weighted by Crippen LogP contribution is 2.24. The molecule has 5 heteroatoms. The summed E-state index contributed by atoms with van der Waals surface area (Å²) in [5.41, 5.74) is 0.324. The van der Waals surface area contributed by atoms with Gasteiger partial charge in [-0.1, -0.05) is 24.4 Å². The van der Waals surface area contributed by atoms with E-state index >= 15 is 0 Å². The molecule has 0 radical (unpaired) electrons. The fourth-order valence-corrected chi connectivity index (χ4v) is 2.55. The quantitative estimate of drug-likeness (QED) is 0.882. The average molecular weight is 269 g/mol. The Balaban J connectivity index is 2.02. The van der Waals surface area contributed by atoms with Crippen LogP contribution in [-0.4, -0.2) is 28.6 Å². The van der Waals surface area contributed by atoms with E-state index in [4.69, 9.17) is 11.6 Å². The van der Waals surface area contributed by atoms with Gasteiger partial charge in [-0.3, -0.25) is 9.78 Å². The molecule has 1 aromatic heterocycles. The van der Waals surface area contributed by atoms with Gasteiger partial charge in [0, 0.05) is 29.8 Å². The molecule has 4 nitrogen and oxygen atoms in total. The number of hydrogen-bond donors (Lipinski definition) is 2. The molecule has 2 atom stereocenters. The Bertz CT molecular complexity index is 425. The van der Waals surface area contributed by atoms with E-state index < -0.39 is 0 Å². The van der Waals surface area contributed by atoms with Gasteiger partial charge < -0.3 is 10.4 Å². The van der Waals surface area contributed by atoms with Crippen LogP contribution in [0.2, 0.25) is 5.02 Å². The molecule has 1 aliphatic carbocycles. The van der Waals surface area contributed by atoms with Gasteiger partial charge in [0.15, 0.2) is 0 Å². The molecule has 18 heavy (non-hydrogen) atoms. The highest BCUT2D eigenvalue weighted by atomic mass is 35.5.